The minimum atomic E-state index is -1.05. The second-order valence-corrected chi connectivity index (χ2v) is 8.64. The summed E-state index contributed by atoms with van der Waals surface area (Å²) in [5, 5.41) is 0. The Morgan fingerprint density at radius 3 is 2.33 bits per heavy atom. The molecule has 7 heteroatoms. The van der Waals surface area contributed by atoms with Gasteiger partial charge in [-0.25, -0.2) is 4.79 Å². The maximum Gasteiger partial charge on any atom is 0.329 e. The van der Waals surface area contributed by atoms with E-state index >= 15 is 0 Å². The number of amides is 2. The highest BCUT2D eigenvalue weighted by Gasteiger charge is 2.67. The lowest BCUT2D eigenvalue weighted by atomic mass is 9.63. The molecule has 2 saturated carbocycles. The first kappa shape index (κ1) is 19.0. The molecular formula is C23H23NO6. The van der Waals surface area contributed by atoms with Crippen LogP contribution in [0.15, 0.2) is 36.4 Å². The van der Waals surface area contributed by atoms with Gasteiger partial charge in [0.1, 0.15) is 11.8 Å². The van der Waals surface area contributed by atoms with Gasteiger partial charge in [-0.15, -0.1) is 0 Å². The molecule has 1 saturated heterocycles. The highest BCUT2D eigenvalue weighted by Crippen LogP contribution is 2.65. The number of imide groups is 1. The molecule has 0 spiro atoms. The topological polar surface area (TPSA) is 90.0 Å². The van der Waals surface area contributed by atoms with Crippen molar-refractivity contribution in [2.24, 2.45) is 35.5 Å². The summed E-state index contributed by atoms with van der Waals surface area (Å²) in [7, 11) is 1.50. The van der Waals surface area contributed by atoms with Gasteiger partial charge in [-0.3, -0.25) is 19.3 Å². The third-order valence-corrected chi connectivity index (χ3v) is 7.16. The van der Waals surface area contributed by atoms with Gasteiger partial charge < -0.3 is 9.47 Å². The summed E-state index contributed by atoms with van der Waals surface area (Å²) in [5.74, 6) is -0.680. The number of ether oxygens (including phenoxy) is 2. The Morgan fingerprint density at radius 1 is 1.10 bits per heavy atom. The fourth-order valence-corrected chi connectivity index (χ4v) is 5.60. The number of nitrogens with zero attached hydrogens (tertiary/aromatic N) is 1. The fourth-order valence-electron chi connectivity index (χ4n) is 5.60. The van der Waals surface area contributed by atoms with E-state index < -0.39 is 18.6 Å². The number of allylic oxidation sites excluding steroid dienone is 2. The molecule has 1 aliphatic heterocycles. The van der Waals surface area contributed by atoms with Gasteiger partial charge in [0.2, 0.25) is 11.8 Å². The number of benzene rings is 1. The molecule has 5 aliphatic rings. The van der Waals surface area contributed by atoms with Crippen molar-refractivity contribution in [3.05, 3.63) is 42.0 Å². The Labute approximate surface area is 174 Å². The smallest absolute Gasteiger partial charge is 0.329 e. The van der Waals surface area contributed by atoms with E-state index in [1.54, 1.807) is 24.3 Å². The number of likely N-dealkylation sites (tertiary alicyclic amines) is 1. The summed E-state index contributed by atoms with van der Waals surface area (Å²) >= 11 is 0. The second-order valence-electron chi connectivity index (χ2n) is 8.64. The molecule has 1 aromatic carbocycles. The largest absolute Gasteiger partial charge is 0.497 e. The second kappa shape index (κ2) is 6.79. The lowest BCUT2D eigenvalue weighted by Crippen LogP contribution is -2.45. The maximum atomic E-state index is 13.1. The average molecular weight is 409 g/mol. The van der Waals surface area contributed by atoms with Gasteiger partial charge >= 0.3 is 5.97 Å². The van der Waals surface area contributed by atoms with Gasteiger partial charge in [0.25, 0.3) is 0 Å². The highest BCUT2D eigenvalue weighted by molar-refractivity contribution is 6.09. The van der Waals surface area contributed by atoms with Crippen molar-refractivity contribution < 1.29 is 28.7 Å². The maximum absolute atomic E-state index is 13.1. The number of rotatable bonds is 6. The number of esters is 1. The van der Waals surface area contributed by atoms with Crippen molar-refractivity contribution in [3.8, 4) is 5.75 Å². The number of methoxy groups -OCH3 is 1. The molecule has 6 rings (SSSR count). The minimum Gasteiger partial charge on any atom is -0.497 e. The quantitative estimate of drug-likeness (QED) is 0.308. The third kappa shape index (κ3) is 2.71. The zero-order chi connectivity index (χ0) is 21.2. The number of ketones is 1. The Hall–Kier alpha value is -2.96. The predicted molar refractivity (Wildman–Crippen MR) is 104 cm³/mol. The summed E-state index contributed by atoms with van der Waals surface area (Å²) in [6.45, 7) is 1.03. The van der Waals surface area contributed by atoms with Gasteiger partial charge in [0, 0.05) is 5.56 Å². The number of Topliss-reactive ketones (excluding diaryl/α,β-unsaturated/α-hetero) is 1. The van der Waals surface area contributed by atoms with Crippen LogP contribution in [0.1, 0.15) is 23.7 Å². The Kier molecular flexibility index (Phi) is 4.31. The van der Waals surface area contributed by atoms with Crippen molar-refractivity contribution in [2.45, 2.75) is 19.4 Å². The molecule has 1 aromatic rings. The molecule has 0 radical (unpaired) electrons. The van der Waals surface area contributed by atoms with E-state index in [1.165, 1.54) is 14.0 Å². The number of hydrogen-bond acceptors (Lipinski definition) is 6. The summed E-state index contributed by atoms with van der Waals surface area (Å²) in [4.78, 5) is 52.1. The zero-order valence-electron chi connectivity index (χ0n) is 16.8. The van der Waals surface area contributed by atoms with Crippen molar-refractivity contribution in [2.75, 3.05) is 13.7 Å². The molecule has 2 bridgehead atoms. The molecule has 7 nitrogen and oxygen atoms in total. The van der Waals surface area contributed by atoms with Crippen LogP contribution in [-0.2, 0) is 19.1 Å². The van der Waals surface area contributed by atoms with Crippen LogP contribution in [0.2, 0.25) is 0 Å². The van der Waals surface area contributed by atoms with E-state index in [0.717, 1.165) is 11.3 Å². The van der Waals surface area contributed by atoms with Crippen LogP contribution in [0.3, 0.4) is 0 Å². The summed E-state index contributed by atoms with van der Waals surface area (Å²) < 4.78 is 10.3. The van der Waals surface area contributed by atoms with E-state index in [2.05, 4.69) is 12.2 Å². The van der Waals surface area contributed by atoms with Crippen molar-refractivity contribution in [1.29, 1.82) is 0 Å². The molecule has 2 amide bonds. The van der Waals surface area contributed by atoms with Gasteiger partial charge in [-0.2, -0.15) is 0 Å². The number of carbonyl (C=O) groups is 4. The molecule has 0 unspecified atom stereocenters. The van der Waals surface area contributed by atoms with Crippen LogP contribution in [0.4, 0.5) is 0 Å². The monoisotopic (exact) mass is 409 g/mol. The van der Waals surface area contributed by atoms with Gasteiger partial charge in [-0.05, 0) is 49.1 Å². The lowest BCUT2D eigenvalue weighted by Gasteiger charge is -2.37. The molecular weight excluding hydrogens is 386 g/mol. The number of hydrogen-bond donors (Lipinski definition) is 0. The van der Waals surface area contributed by atoms with Crippen LogP contribution in [0.5, 0.6) is 5.75 Å². The fraction of sp³-hybridized carbons (Fsp3) is 0.478. The Morgan fingerprint density at radius 2 is 1.73 bits per heavy atom. The third-order valence-electron chi connectivity index (χ3n) is 7.16. The van der Waals surface area contributed by atoms with Gasteiger partial charge in [0.15, 0.2) is 12.4 Å². The molecule has 30 heavy (non-hydrogen) atoms. The summed E-state index contributed by atoms with van der Waals surface area (Å²) in [6.07, 6.45) is 5.26. The number of carbonyl (C=O) groups excluding carboxylic acids is 4. The summed E-state index contributed by atoms with van der Waals surface area (Å²) in [6, 6.07) is 5.50. The van der Waals surface area contributed by atoms with Crippen LogP contribution in [0.25, 0.3) is 0 Å². The molecule has 7 atom stereocenters. The van der Waals surface area contributed by atoms with E-state index in [9.17, 15) is 19.2 Å². The molecule has 0 N–H and O–H groups in total. The highest BCUT2D eigenvalue weighted by atomic mass is 16.5. The standard InChI is InChI=1S/C23H23NO6/c1-11(23(28)30-10-18(25)12-4-3-5-13(8-12)29-2)24-21(26)19-14-6-7-15(17-9-16(14)17)20(19)22(24)27/h3-8,11,14-17,19-20H,9-10H2,1-2H3/t11-,14-,15-,16-,17-,19+,20+/m0/s1. The Bertz CT molecular complexity index is 948. The van der Waals surface area contributed by atoms with E-state index in [1.807, 2.05) is 0 Å². The molecule has 156 valence electrons. The van der Waals surface area contributed by atoms with E-state index in [4.69, 9.17) is 9.47 Å². The minimum absolute atomic E-state index is 0.101. The first-order valence-corrected chi connectivity index (χ1v) is 10.3. The van der Waals surface area contributed by atoms with Crippen LogP contribution < -0.4 is 4.74 Å². The molecule has 0 aromatic heterocycles. The van der Waals surface area contributed by atoms with Crippen LogP contribution in [-0.4, -0.2) is 48.2 Å². The first-order valence-electron chi connectivity index (χ1n) is 10.3. The molecule has 4 aliphatic carbocycles. The first-order chi connectivity index (χ1) is 14.4. The summed E-state index contributed by atoms with van der Waals surface area (Å²) in [5.41, 5.74) is 0.357. The van der Waals surface area contributed by atoms with Crippen molar-refractivity contribution >= 4 is 23.6 Å². The molecule has 1 heterocycles. The van der Waals surface area contributed by atoms with Gasteiger partial charge in [-0.1, -0.05) is 24.3 Å². The average Bonchev–Trinajstić information content (AvgIpc) is 3.54. The van der Waals surface area contributed by atoms with Gasteiger partial charge in [0.05, 0.1) is 18.9 Å². The van der Waals surface area contributed by atoms with Crippen molar-refractivity contribution in [3.63, 3.8) is 0 Å². The zero-order valence-corrected chi connectivity index (χ0v) is 16.8. The lowest BCUT2D eigenvalue weighted by molar-refractivity contribution is -0.157. The molecule has 3 fully saturated rings. The SMILES string of the molecule is COc1cccc(C(=O)COC(=O)[C@H](C)N2C(=O)[C@@H]3[C@H]4C=C[C@@H]([C@@H]5C[C@@H]45)[C@H]3C2=O)c1. The van der Waals surface area contributed by atoms with Crippen LogP contribution >= 0.6 is 0 Å². The normalized spacial score (nSPS) is 33.7. The van der Waals surface area contributed by atoms with E-state index in [0.29, 0.717) is 23.1 Å². The Balaban J connectivity index is 1.25. The van der Waals surface area contributed by atoms with Crippen molar-refractivity contribution in [1.82, 2.24) is 4.90 Å². The van der Waals surface area contributed by atoms with E-state index in [-0.39, 0.29) is 41.3 Å². The van der Waals surface area contributed by atoms with Crippen LogP contribution in [0, 0.1) is 35.5 Å². The predicted octanol–water partition coefficient (Wildman–Crippen LogP) is 1.86.